The molecule has 2 N–H and O–H groups in total. The summed E-state index contributed by atoms with van der Waals surface area (Å²) in [5, 5.41) is 0. The van der Waals surface area contributed by atoms with Crippen molar-refractivity contribution in [2.75, 3.05) is 5.73 Å². The Morgan fingerprint density at radius 1 is 1.12 bits per heavy atom. The standard InChI is InChI=1S/C15H18N2/c1-11(2)9-12-5-3-6-13(10-12)14-7-4-8-15(16)17-14/h3-8,10-11H,9H2,1-2H3,(H2,16,17). The summed E-state index contributed by atoms with van der Waals surface area (Å²) in [7, 11) is 0. The fourth-order valence-electron chi connectivity index (χ4n) is 1.94. The lowest BCUT2D eigenvalue weighted by Gasteiger charge is -2.07. The van der Waals surface area contributed by atoms with Crippen LogP contribution in [0.3, 0.4) is 0 Å². The van der Waals surface area contributed by atoms with Gasteiger partial charge >= 0.3 is 0 Å². The summed E-state index contributed by atoms with van der Waals surface area (Å²) in [6.07, 6.45) is 1.09. The highest BCUT2D eigenvalue weighted by Gasteiger charge is 2.02. The van der Waals surface area contributed by atoms with E-state index in [9.17, 15) is 0 Å². The van der Waals surface area contributed by atoms with Gasteiger partial charge in [-0.15, -0.1) is 0 Å². The molecular formula is C15H18N2. The first-order valence-corrected chi connectivity index (χ1v) is 5.97. The summed E-state index contributed by atoms with van der Waals surface area (Å²) in [5.41, 5.74) is 9.13. The molecule has 0 aliphatic carbocycles. The Morgan fingerprint density at radius 2 is 1.88 bits per heavy atom. The lowest BCUT2D eigenvalue weighted by Crippen LogP contribution is -1.95. The van der Waals surface area contributed by atoms with Crippen LogP contribution >= 0.6 is 0 Å². The number of hydrogen-bond acceptors (Lipinski definition) is 2. The molecule has 0 atom stereocenters. The molecule has 1 aromatic heterocycles. The van der Waals surface area contributed by atoms with E-state index in [0.717, 1.165) is 17.7 Å². The van der Waals surface area contributed by atoms with Crippen molar-refractivity contribution in [2.45, 2.75) is 20.3 Å². The number of nitrogens with zero attached hydrogens (tertiary/aromatic N) is 1. The van der Waals surface area contributed by atoms with Crippen LogP contribution in [-0.4, -0.2) is 4.98 Å². The summed E-state index contributed by atoms with van der Waals surface area (Å²) in [6, 6.07) is 14.3. The molecule has 0 amide bonds. The van der Waals surface area contributed by atoms with E-state index in [2.05, 4.69) is 43.1 Å². The van der Waals surface area contributed by atoms with Crippen LogP contribution in [0.15, 0.2) is 42.5 Å². The van der Waals surface area contributed by atoms with Crippen LogP contribution in [0.4, 0.5) is 5.82 Å². The number of anilines is 1. The first-order chi connectivity index (χ1) is 8.15. The van der Waals surface area contributed by atoms with E-state index >= 15 is 0 Å². The highest BCUT2D eigenvalue weighted by Crippen LogP contribution is 2.20. The number of nitrogen functional groups attached to an aromatic ring is 1. The zero-order chi connectivity index (χ0) is 12.3. The molecule has 0 spiro atoms. The highest BCUT2D eigenvalue weighted by atomic mass is 14.8. The summed E-state index contributed by atoms with van der Waals surface area (Å²) < 4.78 is 0. The van der Waals surface area contributed by atoms with Crippen molar-refractivity contribution < 1.29 is 0 Å². The Kier molecular flexibility index (Phi) is 3.43. The maximum absolute atomic E-state index is 5.70. The van der Waals surface area contributed by atoms with Crippen molar-refractivity contribution in [1.29, 1.82) is 0 Å². The van der Waals surface area contributed by atoms with Crippen molar-refractivity contribution >= 4 is 5.82 Å². The lowest BCUT2D eigenvalue weighted by atomic mass is 10.00. The summed E-state index contributed by atoms with van der Waals surface area (Å²) in [5.74, 6) is 1.23. The Hall–Kier alpha value is -1.83. The maximum Gasteiger partial charge on any atom is 0.124 e. The zero-order valence-electron chi connectivity index (χ0n) is 10.4. The van der Waals surface area contributed by atoms with Gasteiger partial charge in [0.2, 0.25) is 0 Å². The largest absolute Gasteiger partial charge is 0.384 e. The van der Waals surface area contributed by atoms with E-state index < -0.39 is 0 Å². The normalized spacial score (nSPS) is 10.8. The van der Waals surface area contributed by atoms with Gasteiger partial charge in [0.25, 0.3) is 0 Å². The second-order valence-corrected chi connectivity index (χ2v) is 4.75. The minimum Gasteiger partial charge on any atom is -0.384 e. The molecular weight excluding hydrogens is 208 g/mol. The maximum atomic E-state index is 5.70. The lowest BCUT2D eigenvalue weighted by molar-refractivity contribution is 0.647. The second-order valence-electron chi connectivity index (χ2n) is 4.75. The van der Waals surface area contributed by atoms with E-state index in [1.165, 1.54) is 5.56 Å². The third-order valence-electron chi connectivity index (χ3n) is 2.64. The van der Waals surface area contributed by atoms with E-state index in [0.29, 0.717) is 11.7 Å². The van der Waals surface area contributed by atoms with E-state index in [4.69, 9.17) is 5.73 Å². The quantitative estimate of drug-likeness (QED) is 0.869. The van der Waals surface area contributed by atoms with Gasteiger partial charge in [-0.2, -0.15) is 0 Å². The van der Waals surface area contributed by atoms with Crippen molar-refractivity contribution in [2.24, 2.45) is 5.92 Å². The van der Waals surface area contributed by atoms with Crippen molar-refractivity contribution in [1.82, 2.24) is 4.98 Å². The van der Waals surface area contributed by atoms with Crippen molar-refractivity contribution in [3.8, 4) is 11.3 Å². The van der Waals surface area contributed by atoms with Gasteiger partial charge in [0, 0.05) is 5.56 Å². The van der Waals surface area contributed by atoms with Crippen molar-refractivity contribution in [3.05, 3.63) is 48.0 Å². The summed E-state index contributed by atoms with van der Waals surface area (Å²) >= 11 is 0. The van der Waals surface area contributed by atoms with E-state index in [-0.39, 0.29) is 0 Å². The zero-order valence-corrected chi connectivity index (χ0v) is 10.4. The average Bonchev–Trinajstić information content (AvgIpc) is 2.28. The van der Waals surface area contributed by atoms with Crippen LogP contribution in [0, 0.1) is 5.92 Å². The number of hydrogen-bond donors (Lipinski definition) is 1. The van der Waals surface area contributed by atoms with Gasteiger partial charge in [-0.1, -0.05) is 38.1 Å². The molecule has 2 nitrogen and oxygen atoms in total. The molecule has 1 heterocycles. The Bertz CT molecular complexity index is 504. The summed E-state index contributed by atoms with van der Waals surface area (Å²) in [4.78, 5) is 4.34. The molecule has 0 aliphatic rings. The van der Waals surface area contributed by atoms with E-state index in [1.54, 1.807) is 0 Å². The van der Waals surface area contributed by atoms with Gasteiger partial charge < -0.3 is 5.73 Å². The van der Waals surface area contributed by atoms with Gasteiger partial charge in [-0.25, -0.2) is 4.98 Å². The molecule has 0 aliphatic heterocycles. The fraction of sp³-hybridized carbons (Fsp3) is 0.267. The number of nitrogens with two attached hydrogens (primary N) is 1. The first kappa shape index (κ1) is 11.6. The van der Waals surface area contributed by atoms with Gasteiger partial charge in [0.1, 0.15) is 5.82 Å². The van der Waals surface area contributed by atoms with Crippen LogP contribution in [0.2, 0.25) is 0 Å². The number of rotatable bonds is 3. The van der Waals surface area contributed by atoms with Crippen LogP contribution in [0.25, 0.3) is 11.3 Å². The molecule has 0 fully saturated rings. The molecule has 2 aromatic rings. The Labute approximate surface area is 103 Å². The predicted molar refractivity (Wildman–Crippen MR) is 72.6 cm³/mol. The Balaban J connectivity index is 2.33. The molecule has 2 rings (SSSR count). The number of aromatic nitrogens is 1. The van der Waals surface area contributed by atoms with E-state index in [1.807, 2.05) is 18.2 Å². The number of pyridine rings is 1. The second kappa shape index (κ2) is 5.00. The van der Waals surface area contributed by atoms with Crippen molar-refractivity contribution in [3.63, 3.8) is 0 Å². The first-order valence-electron chi connectivity index (χ1n) is 5.97. The number of benzene rings is 1. The molecule has 2 heteroatoms. The molecule has 0 bridgehead atoms. The van der Waals surface area contributed by atoms with Crippen LogP contribution < -0.4 is 5.73 Å². The SMILES string of the molecule is CC(C)Cc1cccc(-c2cccc(N)n2)c1. The van der Waals surface area contributed by atoms with Gasteiger partial charge in [-0.3, -0.25) is 0 Å². The van der Waals surface area contributed by atoms with Crippen LogP contribution in [-0.2, 0) is 6.42 Å². The minimum atomic E-state index is 0.566. The molecule has 0 radical (unpaired) electrons. The van der Waals surface area contributed by atoms with Crippen LogP contribution in [0.1, 0.15) is 19.4 Å². The molecule has 1 aromatic carbocycles. The van der Waals surface area contributed by atoms with Gasteiger partial charge in [0.15, 0.2) is 0 Å². The minimum absolute atomic E-state index is 0.566. The highest BCUT2D eigenvalue weighted by molar-refractivity contribution is 5.61. The monoisotopic (exact) mass is 226 g/mol. The fourth-order valence-corrected chi connectivity index (χ4v) is 1.94. The van der Waals surface area contributed by atoms with Gasteiger partial charge in [-0.05, 0) is 36.1 Å². The predicted octanol–water partition coefficient (Wildman–Crippen LogP) is 3.53. The summed E-state index contributed by atoms with van der Waals surface area (Å²) in [6.45, 7) is 4.46. The average molecular weight is 226 g/mol. The molecule has 0 saturated heterocycles. The van der Waals surface area contributed by atoms with Crippen LogP contribution in [0.5, 0.6) is 0 Å². The Morgan fingerprint density at radius 3 is 2.59 bits per heavy atom. The molecule has 0 saturated carbocycles. The van der Waals surface area contributed by atoms with Gasteiger partial charge in [0.05, 0.1) is 5.69 Å². The topological polar surface area (TPSA) is 38.9 Å². The molecule has 0 unspecified atom stereocenters. The molecule has 17 heavy (non-hydrogen) atoms. The molecule has 88 valence electrons. The third kappa shape index (κ3) is 3.06. The smallest absolute Gasteiger partial charge is 0.124 e. The third-order valence-corrected chi connectivity index (χ3v) is 2.64.